The molecule has 7 heteroatoms. The van der Waals surface area contributed by atoms with Gasteiger partial charge < -0.3 is 25.0 Å². The average molecular weight is 512 g/mol. The van der Waals surface area contributed by atoms with Crippen molar-refractivity contribution in [2.24, 2.45) is 5.41 Å². The lowest BCUT2D eigenvalue weighted by molar-refractivity contribution is -0.141. The van der Waals surface area contributed by atoms with E-state index in [4.69, 9.17) is 9.84 Å². The molecule has 0 aliphatic rings. The number of hydrogen-bond donors (Lipinski definition) is 3. The zero-order valence-corrected chi connectivity index (χ0v) is 23.0. The first-order valence-electron chi connectivity index (χ1n) is 12.7. The van der Waals surface area contributed by atoms with Gasteiger partial charge >= 0.3 is 5.97 Å². The molecule has 7 nitrogen and oxygen atoms in total. The zero-order chi connectivity index (χ0) is 28.0. The van der Waals surface area contributed by atoms with Gasteiger partial charge in [-0.25, -0.2) is 0 Å². The zero-order valence-electron chi connectivity index (χ0n) is 23.0. The number of phenols is 1. The van der Waals surface area contributed by atoms with Crippen molar-refractivity contribution in [2.45, 2.75) is 65.9 Å². The van der Waals surface area contributed by atoms with Crippen molar-refractivity contribution in [3.8, 4) is 11.5 Å². The maximum Gasteiger partial charge on any atom is 0.323 e. The summed E-state index contributed by atoms with van der Waals surface area (Å²) in [5.74, 6) is -0.798. The summed E-state index contributed by atoms with van der Waals surface area (Å²) in [4.78, 5) is 24.2. The van der Waals surface area contributed by atoms with E-state index in [9.17, 15) is 19.8 Å². The van der Waals surface area contributed by atoms with Crippen LogP contribution in [0, 0.1) is 12.3 Å². The maximum atomic E-state index is 12.3. The van der Waals surface area contributed by atoms with E-state index in [2.05, 4.69) is 19.9 Å². The van der Waals surface area contributed by atoms with Gasteiger partial charge in [0.2, 0.25) is 5.91 Å². The molecule has 1 atom stereocenters. The van der Waals surface area contributed by atoms with E-state index in [1.807, 2.05) is 52.0 Å². The van der Waals surface area contributed by atoms with Crippen molar-refractivity contribution >= 4 is 18.0 Å². The number of carboxylic acids is 1. The van der Waals surface area contributed by atoms with Crippen LogP contribution < -0.4 is 4.74 Å². The van der Waals surface area contributed by atoms with Crippen molar-refractivity contribution in [1.82, 2.24) is 4.90 Å². The van der Waals surface area contributed by atoms with E-state index in [-0.39, 0.29) is 23.2 Å². The van der Waals surface area contributed by atoms with Crippen LogP contribution in [-0.4, -0.2) is 58.4 Å². The molecule has 202 valence electrons. The van der Waals surface area contributed by atoms with Gasteiger partial charge in [-0.1, -0.05) is 52.8 Å². The summed E-state index contributed by atoms with van der Waals surface area (Å²) >= 11 is 0. The predicted molar refractivity (Wildman–Crippen MR) is 146 cm³/mol. The van der Waals surface area contributed by atoms with Crippen molar-refractivity contribution < 1.29 is 29.6 Å². The van der Waals surface area contributed by atoms with Gasteiger partial charge in [0.25, 0.3) is 0 Å². The number of amides is 1. The molecular formula is C30H41NO6. The van der Waals surface area contributed by atoms with Crippen molar-refractivity contribution in [3.05, 3.63) is 64.7 Å². The van der Waals surface area contributed by atoms with Crippen LogP contribution in [-0.2, 0) is 15.0 Å². The molecule has 2 aromatic carbocycles. The number of aliphatic hydroxyl groups is 1. The minimum Gasteiger partial charge on any atom is -0.507 e. The number of carboxylic acid groups (broad SMARTS) is 1. The quantitative estimate of drug-likeness (QED) is 0.360. The molecule has 1 amide bonds. The number of nitrogens with zero attached hydrogens (tertiary/aromatic N) is 1. The molecule has 0 bridgehead atoms. The third-order valence-corrected chi connectivity index (χ3v) is 7.07. The van der Waals surface area contributed by atoms with E-state index >= 15 is 0 Å². The summed E-state index contributed by atoms with van der Waals surface area (Å²) in [5, 5.41) is 29.7. The first kappa shape index (κ1) is 29.9. The Morgan fingerprint density at radius 1 is 1.05 bits per heavy atom. The first-order valence-corrected chi connectivity index (χ1v) is 12.7. The van der Waals surface area contributed by atoms with Crippen LogP contribution in [0.3, 0.4) is 0 Å². The predicted octanol–water partition coefficient (Wildman–Crippen LogP) is 5.15. The summed E-state index contributed by atoms with van der Waals surface area (Å²) < 4.78 is 5.93. The molecule has 0 saturated heterocycles. The SMILES string of the molecule is CCC(CC)(c1ccc(OCC(O)C(C)(C)C)c(C)c1)c1ccc(O)c(/C=C/C(=O)N(C)CC(=O)O)c1. The van der Waals surface area contributed by atoms with Gasteiger partial charge in [-0.2, -0.15) is 0 Å². The summed E-state index contributed by atoms with van der Waals surface area (Å²) in [6, 6.07) is 11.5. The van der Waals surface area contributed by atoms with Gasteiger partial charge in [0, 0.05) is 24.1 Å². The molecule has 3 N–H and O–H groups in total. The van der Waals surface area contributed by atoms with E-state index in [1.165, 1.54) is 19.2 Å². The number of aliphatic hydroxyl groups excluding tert-OH is 1. The van der Waals surface area contributed by atoms with Crippen LogP contribution in [0.15, 0.2) is 42.5 Å². The number of rotatable bonds is 11. The molecule has 0 spiro atoms. The molecule has 0 aromatic heterocycles. The molecule has 0 aliphatic heterocycles. The molecule has 0 aliphatic carbocycles. The monoisotopic (exact) mass is 511 g/mol. The third-order valence-electron chi connectivity index (χ3n) is 7.07. The average Bonchev–Trinajstić information content (AvgIpc) is 2.83. The van der Waals surface area contributed by atoms with E-state index < -0.39 is 24.5 Å². The normalized spacial score (nSPS) is 13.0. The Morgan fingerprint density at radius 3 is 2.19 bits per heavy atom. The Kier molecular flexibility index (Phi) is 9.93. The Bertz CT molecular complexity index is 1130. The van der Waals surface area contributed by atoms with Crippen LogP contribution >= 0.6 is 0 Å². The summed E-state index contributed by atoms with van der Waals surface area (Å²) in [5.41, 5.74) is 2.95. The fraction of sp³-hybridized carbons (Fsp3) is 0.467. The highest BCUT2D eigenvalue weighted by Crippen LogP contribution is 2.41. The first-order chi connectivity index (χ1) is 17.2. The number of aliphatic carboxylic acids is 1. The van der Waals surface area contributed by atoms with E-state index in [0.29, 0.717) is 5.56 Å². The Labute approximate surface area is 220 Å². The number of likely N-dealkylation sites (N-methyl/N-ethyl adjacent to an activating group) is 1. The molecular weight excluding hydrogens is 470 g/mol. The van der Waals surface area contributed by atoms with Gasteiger partial charge in [-0.05, 0) is 66.1 Å². The molecule has 2 rings (SSSR count). The maximum absolute atomic E-state index is 12.3. The van der Waals surface area contributed by atoms with Crippen LogP contribution in [0.25, 0.3) is 6.08 Å². The van der Waals surface area contributed by atoms with Gasteiger partial charge in [-0.15, -0.1) is 0 Å². The van der Waals surface area contributed by atoms with Crippen LogP contribution in [0.5, 0.6) is 11.5 Å². The van der Waals surface area contributed by atoms with E-state index in [0.717, 1.165) is 40.2 Å². The molecule has 0 radical (unpaired) electrons. The lowest BCUT2D eigenvalue weighted by Crippen LogP contribution is -2.32. The number of carbonyl (C=O) groups is 2. The third kappa shape index (κ3) is 7.35. The van der Waals surface area contributed by atoms with Gasteiger partial charge in [0.15, 0.2) is 0 Å². The fourth-order valence-electron chi connectivity index (χ4n) is 4.32. The Morgan fingerprint density at radius 2 is 1.65 bits per heavy atom. The summed E-state index contributed by atoms with van der Waals surface area (Å²) in [6.07, 6.45) is 3.80. The molecule has 2 aromatic rings. The highest BCUT2D eigenvalue weighted by molar-refractivity contribution is 5.93. The van der Waals surface area contributed by atoms with Gasteiger partial charge in [0.05, 0.1) is 6.10 Å². The molecule has 0 saturated carbocycles. The van der Waals surface area contributed by atoms with Crippen LogP contribution in [0.2, 0.25) is 0 Å². The summed E-state index contributed by atoms with van der Waals surface area (Å²) in [6.45, 7) is 12.0. The Balaban J connectivity index is 2.39. The smallest absolute Gasteiger partial charge is 0.323 e. The number of phenolic OH excluding ortho intramolecular Hbond substituents is 1. The second-order valence-corrected chi connectivity index (χ2v) is 10.7. The molecule has 0 heterocycles. The molecule has 37 heavy (non-hydrogen) atoms. The molecule has 1 unspecified atom stereocenters. The number of hydrogen-bond acceptors (Lipinski definition) is 5. The fourth-order valence-corrected chi connectivity index (χ4v) is 4.32. The van der Waals surface area contributed by atoms with Crippen LogP contribution in [0.4, 0.5) is 0 Å². The Hall–Kier alpha value is -3.32. The number of carbonyl (C=O) groups excluding carboxylic acids is 1. The number of aryl methyl sites for hydroxylation is 1. The number of aromatic hydroxyl groups is 1. The van der Waals surface area contributed by atoms with Crippen molar-refractivity contribution in [3.63, 3.8) is 0 Å². The number of benzene rings is 2. The second kappa shape index (κ2) is 12.3. The summed E-state index contributed by atoms with van der Waals surface area (Å²) in [7, 11) is 1.41. The highest BCUT2D eigenvalue weighted by atomic mass is 16.5. The number of ether oxygens (including phenoxy) is 1. The largest absolute Gasteiger partial charge is 0.507 e. The van der Waals surface area contributed by atoms with Gasteiger partial charge in [0.1, 0.15) is 24.7 Å². The standard InChI is InChI=1S/C30H41NO6/c1-8-30(9-2,22-12-14-25(20(3)16-22)37-19-26(33)29(4,5)6)23-11-13-24(32)21(17-23)10-15-27(34)31(7)18-28(35)36/h10-17,26,32-33H,8-9,18-19H2,1-7H3,(H,35,36)/b15-10+. The van der Waals surface area contributed by atoms with Crippen molar-refractivity contribution in [2.75, 3.05) is 20.2 Å². The minimum atomic E-state index is -1.10. The molecule has 0 fully saturated rings. The van der Waals surface area contributed by atoms with E-state index in [1.54, 1.807) is 6.07 Å². The topological polar surface area (TPSA) is 107 Å². The second-order valence-electron chi connectivity index (χ2n) is 10.7. The highest BCUT2D eigenvalue weighted by Gasteiger charge is 2.32. The van der Waals surface area contributed by atoms with Gasteiger partial charge in [-0.3, -0.25) is 9.59 Å². The lowest BCUT2D eigenvalue weighted by atomic mass is 9.70. The van der Waals surface area contributed by atoms with Crippen LogP contribution in [0.1, 0.15) is 69.7 Å². The minimum absolute atomic E-state index is 0.0344. The van der Waals surface area contributed by atoms with Crippen molar-refractivity contribution in [1.29, 1.82) is 0 Å². The lowest BCUT2D eigenvalue weighted by Gasteiger charge is -2.34.